The molecule has 17 heavy (non-hydrogen) atoms. The van der Waals surface area contributed by atoms with Crippen LogP contribution in [0.2, 0.25) is 0 Å². The third kappa shape index (κ3) is 3.08. The SMILES string of the molecule is CC(Cc1ccco1)N1CCOC(C(=O)O)C1. The first kappa shape index (κ1) is 12.1. The van der Waals surface area contributed by atoms with E-state index < -0.39 is 12.1 Å². The molecule has 2 rings (SSSR count). The van der Waals surface area contributed by atoms with E-state index in [9.17, 15) is 4.79 Å². The van der Waals surface area contributed by atoms with Gasteiger partial charge in [-0.15, -0.1) is 0 Å². The van der Waals surface area contributed by atoms with E-state index in [1.54, 1.807) is 6.26 Å². The Hall–Kier alpha value is -1.33. The van der Waals surface area contributed by atoms with Crippen LogP contribution in [0.15, 0.2) is 22.8 Å². The minimum absolute atomic E-state index is 0.256. The lowest BCUT2D eigenvalue weighted by molar-refractivity contribution is -0.157. The van der Waals surface area contributed by atoms with E-state index >= 15 is 0 Å². The molecular formula is C12H17NO4. The summed E-state index contributed by atoms with van der Waals surface area (Å²) in [5, 5.41) is 8.92. The standard InChI is InChI=1S/C12H17NO4/c1-9(7-10-3-2-5-16-10)13-4-6-17-11(8-13)12(14)15/h2-3,5,9,11H,4,6-8H2,1H3,(H,14,15). The molecule has 0 spiro atoms. The molecule has 2 heterocycles. The minimum Gasteiger partial charge on any atom is -0.479 e. The fourth-order valence-electron chi connectivity index (χ4n) is 2.07. The van der Waals surface area contributed by atoms with Gasteiger partial charge in [-0.1, -0.05) is 0 Å². The zero-order valence-electron chi connectivity index (χ0n) is 9.83. The first-order valence-corrected chi connectivity index (χ1v) is 5.77. The van der Waals surface area contributed by atoms with Crippen LogP contribution in [0.3, 0.4) is 0 Å². The van der Waals surface area contributed by atoms with Crippen LogP contribution in [0.4, 0.5) is 0 Å². The van der Waals surface area contributed by atoms with Crippen LogP contribution in [0.5, 0.6) is 0 Å². The Morgan fingerprint density at radius 1 is 1.71 bits per heavy atom. The molecule has 1 aliphatic heterocycles. The molecule has 1 N–H and O–H groups in total. The van der Waals surface area contributed by atoms with E-state index in [0.717, 1.165) is 18.7 Å². The van der Waals surface area contributed by atoms with Crippen LogP contribution in [-0.2, 0) is 16.0 Å². The highest BCUT2D eigenvalue weighted by atomic mass is 16.5. The van der Waals surface area contributed by atoms with Crippen LogP contribution < -0.4 is 0 Å². The van der Waals surface area contributed by atoms with Crippen molar-refractivity contribution in [2.75, 3.05) is 19.7 Å². The van der Waals surface area contributed by atoms with Gasteiger partial charge in [-0.05, 0) is 19.1 Å². The molecule has 1 saturated heterocycles. The summed E-state index contributed by atoms with van der Waals surface area (Å²) < 4.78 is 10.5. The van der Waals surface area contributed by atoms with Crippen molar-refractivity contribution < 1.29 is 19.1 Å². The van der Waals surface area contributed by atoms with Crippen molar-refractivity contribution in [1.29, 1.82) is 0 Å². The number of rotatable bonds is 4. The van der Waals surface area contributed by atoms with Gasteiger partial charge in [0, 0.05) is 25.6 Å². The van der Waals surface area contributed by atoms with Crippen molar-refractivity contribution in [3.8, 4) is 0 Å². The summed E-state index contributed by atoms with van der Waals surface area (Å²) >= 11 is 0. The van der Waals surface area contributed by atoms with Crippen molar-refractivity contribution >= 4 is 5.97 Å². The summed E-state index contributed by atoms with van der Waals surface area (Å²) in [6, 6.07) is 4.06. The molecule has 1 aromatic heterocycles. The molecule has 2 atom stereocenters. The first-order chi connectivity index (χ1) is 8.16. The Labute approximate surface area is 100.0 Å². The number of morpholine rings is 1. The van der Waals surface area contributed by atoms with Crippen molar-refractivity contribution in [2.24, 2.45) is 0 Å². The van der Waals surface area contributed by atoms with Gasteiger partial charge in [-0.2, -0.15) is 0 Å². The minimum atomic E-state index is -0.889. The van der Waals surface area contributed by atoms with Gasteiger partial charge in [0.25, 0.3) is 0 Å². The molecule has 0 bridgehead atoms. The average molecular weight is 239 g/mol. The van der Waals surface area contributed by atoms with E-state index in [4.69, 9.17) is 14.3 Å². The number of hydrogen-bond acceptors (Lipinski definition) is 4. The third-order valence-corrected chi connectivity index (χ3v) is 3.07. The van der Waals surface area contributed by atoms with E-state index in [1.165, 1.54) is 0 Å². The van der Waals surface area contributed by atoms with E-state index in [2.05, 4.69) is 11.8 Å². The fourth-order valence-corrected chi connectivity index (χ4v) is 2.07. The van der Waals surface area contributed by atoms with E-state index in [0.29, 0.717) is 13.2 Å². The maximum absolute atomic E-state index is 10.9. The highest BCUT2D eigenvalue weighted by molar-refractivity contribution is 5.72. The van der Waals surface area contributed by atoms with Gasteiger partial charge in [0.1, 0.15) is 5.76 Å². The van der Waals surface area contributed by atoms with E-state index in [-0.39, 0.29) is 6.04 Å². The molecule has 94 valence electrons. The molecule has 1 aliphatic rings. The lowest BCUT2D eigenvalue weighted by Gasteiger charge is -2.34. The smallest absolute Gasteiger partial charge is 0.334 e. The monoisotopic (exact) mass is 239 g/mol. The van der Waals surface area contributed by atoms with Crippen molar-refractivity contribution in [2.45, 2.75) is 25.5 Å². The van der Waals surface area contributed by atoms with Gasteiger partial charge >= 0.3 is 5.97 Å². The van der Waals surface area contributed by atoms with Gasteiger partial charge in [0.15, 0.2) is 6.10 Å². The molecular weight excluding hydrogens is 222 g/mol. The van der Waals surface area contributed by atoms with Crippen molar-refractivity contribution in [1.82, 2.24) is 4.90 Å². The van der Waals surface area contributed by atoms with Crippen LogP contribution in [0.25, 0.3) is 0 Å². The highest BCUT2D eigenvalue weighted by Gasteiger charge is 2.28. The number of furan rings is 1. The van der Waals surface area contributed by atoms with E-state index in [1.807, 2.05) is 12.1 Å². The Bertz CT molecular complexity index is 363. The Morgan fingerprint density at radius 3 is 3.18 bits per heavy atom. The third-order valence-electron chi connectivity index (χ3n) is 3.07. The number of hydrogen-bond donors (Lipinski definition) is 1. The lowest BCUT2D eigenvalue weighted by Crippen LogP contribution is -2.49. The molecule has 5 heteroatoms. The summed E-state index contributed by atoms with van der Waals surface area (Å²) in [5.74, 6) is 0.0377. The summed E-state index contributed by atoms with van der Waals surface area (Å²) in [7, 11) is 0. The topological polar surface area (TPSA) is 62.9 Å². The molecule has 0 aromatic carbocycles. The predicted molar refractivity (Wildman–Crippen MR) is 60.8 cm³/mol. The average Bonchev–Trinajstić information content (AvgIpc) is 2.82. The zero-order chi connectivity index (χ0) is 12.3. The van der Waals surface area contributed by atoms with Crippen molar-refractivity contribution in [3.05, 3.63) is 24.2 Å². The van der Waals surface area contributed by atoms with Crippen molar-refractivity contribution in [3.63, 3.8) is 0 Å². The fraction of sp³-hybridized carbons (Fsp3) is 0.583. The lowest BCUT2D eigenvalue weighted by atomic mass is 10.1. The van der Waals surface area contributed by atoms with Crippen LogP contribution >= 0.6 is 0 Å². The molecule has 2 unspecified atom stereocenters. The number of ether oxygens (including phenoxy) is 1. The largest absolute Gasteiger partial charge is 0.479 e. The Kier molecular flexibility index (Phi) is 3.81. The number of aliphatic carboxylic acids is 1. The molecule has 0 amide bonds. The van der Waals surface area contributed by atoms with Gasteiger partial charge < -0.3 is 14.3 Å². The maximum atomic E-state index is 10.9. The number of nitrogens with zero attached hydrogens (tertiary/aromatic N) is 1. The van der Waals surface area contributed by atoms with Gasteiger partial charge in [0.2, 0.25) is 0 Å². The second-order valence-electron chi connectivity index (χ2n) is 4.33. The summed E-state index contributed by atoms with van der Waals surface area (Å²) in [6.07, 6.45) is 1.74. The number of carboxylic acid groups (broad SMARTS) is 1. The Morgan fingerprint density at radius 2 is 2.53 bits per heavy atom. The van der Waals surface area contributed by atoms with Gasteiger partial charge in [-0.25, -0.2) is 4.79 Å². The second kappa shape index (κ2) is 5.33. The summed E-state index contributed by atoms with van der Waals surface area (Å²) in [6.45, 7) is 3.76. The second-order valence-corrected chi connectivity index (χ2v) is 4.33. The predicted octanol–water partition coefficient (Wildman–Crippen LogP) is 0.996. The summed E-state index contributed by atoms with van der Waals surface area (Å²) in [5.41, 5.74) is 0. The normalized spacial score (nSPS) is 23.5. The molecule has 1 fully saturated rings. The first-order valence-electron chi connectivity index (χ1n) is 5.77. The van der Waals surface area contributed by atoms with Gasteiger partial charge in [-0.3, -0.25) is 4.90 Å². The van der Waals surface area contributed by atoms with Crippen LogP contribution in [0, 0.1) is 0 Å². The molecule has 0 radical (unpaired) electrons. The van der Waals surface area contributed by atoms with Gasteiger partial charge in [0.05, 0.1) is 12.9 Å². The molecule has 5 nitrogen and oxygen atoms in total. The summed E-state index contributed by atoms with van der Waals surface area (Å²) in [4.78, 5) is 13.0. The number of carbonyl (C=O) groups is 1. The highest BCUT2D eigenvalue weighted by Crippen LogP contribution is 2.13. The molecule has 1 aromatic rings. The number of carboxylic acids is 1. The quantitative estimate of drug-likeness (QED) is 0.849. The van der Waals surface area contributed by atoms with Crippen LogP contribution in [-0.4, -0.2) is 47.8 Å². The Balaban J connectivity index is 1.90. The zero-order valence-corrected chi connectivity index (χ0v) is 9.83. The molecule has 0 saturated carbocycles. The maximum Gasteiger partial charge on any atom is 0.334 e. The molecule has 0 aliphatic carbocycles. The van der Waals surface area contributed by atoms with Crippen LogP contribution in [0.1, 0.15) is 12.7 Å².